The molecule has 0 rings (SSSR count). The van der Waals surface area contributed by atoms with E-state index in [0.29, 0.717) is 0 Å². The first kappa shape index (κ1) is 25.0. The largest absolute Gasteiger partial charge is 1.00 e. The van der Waals surface area contributed by atoms with Gasteiger partial charge in [0.15, 0.2) is 0 Å². The molecule has 0 heterocycles. The standard InChI is InChI=1S/C21H42N.ClH/c1-5-8-9-10-11-12-13-14-15-16-17-18-21-22(4,19-6-2)20-7-3;/h6-7H,2-3,5,8-21H2,1,4H3;1H/q+1;/p-1. The Labute approximate surface area is 153 Å². The van der Waals surface area contributed by atoms with Gasteiger partial charge in [-0.05, 0) is 25.0 Å². The number of hydrogen-bond donors (Lipinski definition) is 0. The van der Waals surface area contributed by atoms with Crippen LogP contribution in [0.25, 0.3) is 0 Å². The molecule has 0 N–H and O–H groups in total. The Morgan fingerprint density at radius 1 is 0.652 bits per heavy atom. The zero-order chi connectivity index (χ0) is 16.5. The third kappa shape index (κ3) is 16.4. The Kier molecular flexibility index (Phi) is 19.6. The van der Waals surface area contributed by atoms with Crippen molar-refractivity contribution in [2.24, 2.45) is 0 Å². The van der Waals surface area contributed by atoms with Gasteiger partial charge in [0.05, 0.1) is 26.7 Å². The van der Waals surface area contributed by atoms with Crippen LogP contribution in [0.15, 0.2) is 25.3 Å². The molecule has 0 aliphatic heterocycles. The van der Waals surface area contributed by atoms with Crippen molar-refractivity contribution in [3.05, 3.63) is 25.3 Å². The zero-order valence-corrected chi connectivity index (χ0v) is 16.8. The lowest BCUT2D eigenvalue weighted by molar-refractivity contribution is -0.898. The van der Waals surface area contributed by atoms with Gasteiger partial charge in [0.2, 0.25) is 0 Å². The van der Waals surface area contributed by atoms with E-state index >= 15 is 0 Å². The van der Waals surface area contributed by atoms with Gasteiger partial charge in [-0.1, -0.05) is 84.3 Å². The summed E-state index contributed by atoms with van der Waals surface area (Å²) in [5.41, 5.74) is 0. The molecule has 0 aromatic heterocycles. The summed E-state index contributed by atoms with van der Waals surface area (Å²) in [6.07, 6.45) is 21.2. The summed E-state index contributed by atoms with van der Waals surface area (Å²) in [5.74, 6) is 0. The molecule has 0 amide bonds. The predicted molar refractivity (Wildman–Crippen MR) is 102 cm³/mol. The van der Waals surface area contributed by atoms with Crippen molar-refractivity contribution in [1.82, 2.24) is 0 Å². The first-order valence-electron chi connectivity index (χ1n) is 9.74. The minimum absolute atomic E-state index is 0. The molecule has 0 aromatic rings. The second kappa shape index (κ2) is 18.1. The van der Waals surface area contributed by atoms with E-state index in [1.165, 1.54) is 83.6 Å². The monoisotopic (exact) mass is 343 g/mol. The van der Waals surface area contributed by atoms with Gasteiger partial charge in [0, 0.05) is 0 Å². The van der Waals surface area contributed by atoms with Crippen molar-refractivity contribution in [1.29, 1.82) is 0 Å². The van der Waals surface area contributed by atoms with Crippen LogP contribution >= 0.6 is 0 Å². The van der Waals surface area contributed by atoms with E-state index in [0.717, 1.165) is 17.6 Å². The van der Waals surface area contributed by atoms with Crippen molar-refractivity contribution < 1.29 is 16.9 Å². The van der Waals surface area contributed by atoms with E-state index in [1.807, 2.05) is 12.2 Å². The molecule has 0 saturated carbocycles. The van der Waals surface area contributed by atoms with Gasteiger partial charge < -0.3 is 16.9 Å². The molecule has 0 radical (unpaired) electrons. The maximum atomic E-state index is 3.89. The quantitative estimate of drug-likeness (QED) is 0.215. The Balaban J connectivity index is 0. The Morgan fingerprint density at radius 3 is 1.35 bits per heavy atom. The summed E-state index contributed by atoms with van der Waals surface area (Å²) in [5, 5.41) is 0. The Morgan fingerprint density at radius 2 is 1.00 bits per heavy atom. The maximum Gasteiger partial charge on any atom is 0.0971 e. The lowest BCUT2D eigenvalue weighted by atomic mass is 10.1. The summed E-state index contributed by atoms with van der Waals surface area (Å²) in [6.45, 7) is 13.4. The van der Waals surface area contributed by atoms with Crippen molar-refractivity contribution in [3.63, 3.8) is 0 Å². The van der Waals surface area contributed by atoms with Crippen LogP contribution < -0.4 is 12.4 Å². The average Bonchev–Trinajstić information content (AvgIpc) is 2.49. The van der Waals surface area contributed by atoms with Crippen molar-refractivity contribution in [3.8, 4) is 0 Å². The molecule has 0 spiro atoms. The summed E-state index contributed by atoms with van der Waals surface area (Å²) in [7, 11) is 2.32. The van der Waals surface area contributed by atoms with E-state index in [1.54, 1.807) is 0 Å². The van der Waals surface area contributed by atoms with Gasteiger partial charge >= 0.3 is 0 Å². The van der Waals surface area contributed by atoms with Gasteiger partial charge in [0.1, 0.15) is 0 Å². The zero-order valence-electron chi connectivity index (χ0n) is 16.0. The summed E-state index contributed by atoms with van der Waals surface area (Å²) < 4.78 is 1.07. The second-order valence-electron chi connectivity index (χ2n) is 7.17. The van der Waals surface area contributed by atoms with Crippen LogP contribution in [0.5, 0.6) is 0 Å². The Hall–Kier alpha value is -0.270. The number of halogens is 1. The molecule has 0 aliphatic carbocycles. The van der Waals surface area contributed by atoms with Gasteiger partial charge in [-0.15, -0.1) is 0 Å². The van der Waals surface area contributed by atoms with Crippen molar-refractivity contribution >= 4 is 0 Å². The summed E-state index contributed by atoms with van der Waals surface area (Å²) in [6, 6.07) is 0. The molecule has 0 aliphatic rings. The van der Waals surface area contributed by atoms with Crippen LogP contribution in [0.4, 0.5) is 0 Å². The number of unbranched alkanes of at least 4 members (excludes halogenated alkanes) is 11. The lowest BCUT2D eigenvalue weighted by Gasteiger charge is -2.32. The Bertz CT molecular complexity index is 253. The molecule has 0 atom stereocenters. The minimum Gasteiger partial charge on any atom is -1.00 e. The van der Waals surface area contributed by atoms with Crippen LogP contribution in [0, 0.1) is 0 Å². The molecule has 0 fully saturated rings. The van der Waals surface area contributed by atoms with E-state index in [4.69, 9.17) is 0 Å². The van der Waals surface area contributed by atoms with E-state index in [9.17, 15) is 0 Å². The smallest absolute Gasteiger partial charge is 0.0971 e. The fourth-order valence-electron chi connectivity index (χ4n) is 3.21. The van der Waals surface area contributed by atoms with Gasteiger partial charge in [-0.25, -0.2) is 0 Å². The average molecular weight is 344 g/mol. The lowest BCUT2D eigenvalue weighted by Crippen LogP contribution is -3.00. The number of nitrogens with zero attached hydrogens (tertiary/aromatic N) is 1. The van der Waals surface area contributed by atoms with Gasteiger partial charge in [-0.3, -0.25) is 0 Å². The highest BCUT2D eigenvalue weighted by Gasteiger charge is 2.16. The number of quaternary nitrogens is 1. The fraction of sp³-hybridized carbons (Fsp3) is 0.810. The van der Waals surface area contributed by atoms with Gasteiger partial charge in [-0.2, -0.15) is 0 Å². The first-order valence-corrected chi connectivity index (χ1v) is 9.74. The van der Waals surface area contributed by atoms with Crippen LogP contribution in [0.3, 0.4) is 0 Å². The molecule has 0 saturated heterocycles. The molecule has 2 heteroatoms. The third-order valence-electron chi connectivity index (χ3n) is 4.69. The first-order chi connectivity index (χ1) is 10.7. The molecule has 138 valence electrons. The number of rotatable bonds is 17. The van der Waals surface area contributed by atoms with E-state index in [2.05, 4.69) is 27.1 Å². The summed E-state index contributed by atoms with van der Waals surface area (Å²) in [4.78, 5) is 0. The molecule has 1 nitrogen and oxygen atoms in total. The highest BCUT2D eigenvalue weighted by atomic mass is 35.5. The van der Waals surface area contributed by atoms with Crippen LogP contribution in [-0.2, 0) is 0 Å². The number of likely N-dealkylation sites (N-methyl/N-ethyl adjacent to an activating group) is 1. The molecular formula is C21H42ClN. The van der Waals surface area contributed by atoms with Crippen molar-refractivity contribution in [2.75, 3.05) is 26.7 Å². The SMILES string of the molecule is C=CC[N+](C)(CC=C)CCCCCCCCCCCCCC.[Cl-]. The van der Waals surface area contributed by atoms with Crippen LogP contribution in [-0.4, -0.2) is 31.2 Å². The van der Waals surface area contributed by atoms with E-state index < -0.39 is 0 Å². The highest BCUT2D eigenvalue weighted by Crippen LogP contribution is 2.13. The molecular weight excluding hydrogens is 302 g/mol. The number of hydrogen-bond acceptors (Lipinski definition) is 0. The molecule has 23 heavy (non-hydrogen) atoms. The topological polar surface area (TPSA) is 0 Å². The molecule has 0 unspecified atom stereocenters. The third-order valence-corrected chi connectivity index (χ3v) is 4.69. The minimum atomic E-state index is 0. The van der Waals surface area contributed by atoms with Crippen LogP contribution in [0.2, 0.25) is 0 Å². The predicted octanol–water partition coefficient (Wildman–Crippen LogP) is 3.51. The van der Waals surface area contributed by atoms with Crippen molar-refractivity contribution in [2.45, 2.75) is 84.0 Å². The highest BCUT2D eigenvalue weighted by molar-refractivity contribution is 4.71. The molecule has 0 bridgehead atoms. The second-order valence-corrected chi connectivity index (χ2v) is 7.17. The van der Waals surface area contributed by atoms with Gasteiger partial charge in [0.25, 0.3) is 0 Å². The van der Waals surface area contributed by atoms with E-state index in [-0.39, 0.29) is 12.4 Å². The maximum absolute atomic E-state index is 3.89. The summed E-state index contributed by atoms with van der Waals surface area (Å²) >= 11 is 0. The normalized spacial score (nSPS) is 11.0. The van der Waals surface area contributed by atoms with Crippen LogP contribution in [0.1, 0.15) is 84.0 Å². The fourth-order valence-corrected chi connectivity index (χ4v) is 3.21. The molecule has 0 aromatic carbocycles.